The fraction of sp³-hybridized carbons (Fsp3) is 0.474. The summed E-state index contributed by atoms with van der Waals surface area (Å²) in [7, 11) is 0. The lowest BCUT2D eigenvalue weighted by atomic mass is 10.0. The zero-order valence-electron chi connectivity index (χ0n) is 15.1. The smallest absolute Gasteiger partial charge is 0.251 e. The number of halogens is 1. The Labute approximate surface area is 153 Å². The van der Waals surface area contributed by atoms with Crippen molar-refractivity contribution < 1.29 is 13.9 Å². The van der Waals surface area contributed by atoms with E-state index in [2.05, 4.69) is 27.4 Å². The van der Waals surface area contributed by atoms with E-state index in [4.69, 9.17) is 4.74 Å². The van der Waals surface area contributed by atoms with E-state index in [0.717, 1.165) is 12.8 Å². The van der Waals surface area contributed by atoms with Crippen molar-refractivity contribution in [2.24, 2.45) is 4.99 Å². The van der Waals surface area contributed by atoms with Gasteiger partial charge in [0.05, 0.1) is 31.0 Å². The molecule has 1 amide bonds. The standard InChI is InChI=1S/C19H25FN4O2/c1-2-3-8-21-18(25)15-13-22-19(24-9-11-26-12-10-24)23-17(15)14-6-4-5-7-16(14)20/h4-7H,2-3,8-13H2,1H3,(H,21,25)(H,22,23). The van der Waals surface area contributed by atoms with Gasteiger partial charge in [0.1, 0.15) is 5.82 Å². The van der Waals surface area contributed by atoms with E-state index in [-0.39, 0.29) is 18.3 Å². The van der Waals surface area contributed by atoms with Crippen molar-refractivity contribution in [3.8, 4) is 0 Å². The Hall–Kier alpha value is -2.41. The first-order valence-corrected chi connectivity index (χ1v) is 9.11. The molecule has 1 aromatic carbocycles. The number of rotatable bonds is 5. The summed E-state index contributed by atoms with van der Waals surface area (Å²) in [5.41, 5.74) is 1.34. The van der Waals surface area contributed by atoms with Crippen molar-refractivity contribution in [2.45, 2.75) is 19.8 Å². The first-order chi connectivity index (χ1) is 12.7. The topological polar surface area (TPSA) is 66.0 Å². The third-order valence-electron chi connectivity index (χ3n) is 4.47. The van der Waals surface area contributed by atoms with Gasteiger partial charge in [0.25, 0.3) is 5.91 Å². The number of aliphatic imine (C=N–C) groups is 1. The van der Waals surface area contributed by atoms with Crippen molar-refractivity contribution >= 4 is 17.6 Å². The summed E-state index contributed by atoms with van der Waals surface area (Å²) in [5.74, 6) is 0.0997. The molecule has 1 fully saturated rings. The highest BCUT2D eigenvalue weighted by molar-refractivity contribution is 6.06. The Kier molecular flexibility index (Phi) is 6.22. The van der Waals surface area contributed by atoms with E-state index in [0.29, 0.717) is 55.6 Å². The minimum absolute atomic E-state index is 0.200. The van der Waals surface area contributed by atoms with Gasteiger partial charge in [-0.15, -0.1) is 0 Å². The van der Waals surface area contributed by atoms with Gasteiger partial charge < -0.3 is 20.3 Å². The molecule has 0 aromatic heterocycles. The molecule has 0 spiro atoms. The van der Waals surface area contributed by atoms with Crippen molar-refractivity contribution in [1.82, 2.24) is 15.5 Å². The molecule has 0 saturated carbocycles. The Bertz CT molecular complexity index is 711. The molecule has 1 saturated heterocycles. The molecule has 2 aliphatic rings. The van der Waals surface area contributed by atoms with Gasteiger partial charge in [-0.25, -0.2) is 9.38 Å². The molecule has 3 rings (SSSR count). The molecule has 2 heterocycles. The van der Waals surface area contributed by atoms with E-state index in [1.165, 1.54) is 6.07 Å². The number of hydrogen-bond acceptors (Lipinski definition) is 5. The minimum atomic E-state index is -0.364. The highest BCUT2D eigenvalue weighted by Crippen LogP contribution is 2.23. The van der Waals surface area contributed by atoms with Crippen molar-refractivity contribution in [3.63, 3.8) is 0 Å². The quantitative estimate of drug-likeness (QED) is 0.785. The maximum Gasteiger partial charge on any atom is 0.251 e. The number of benzene rings is 1. The van der Waals surface area contributed by atoms with Crippen LogP contribution in [0, 0.1) is 5.82 Å². The number of amides is 1. The van der Waals surface area contributed by atoms with Crippen molar-refractivity contribution in [1.29, 1.82) is 0 Å². The molecule has 7 heteroatoms. The van der Waals surface area contributed by atoms with Crippen LogP contribution in [0.1, 0.15) is 25.3 Å². The molecule has 26 heavy (non-hydrogen) atoms. The first-order valence-electron chi connectivity index (χ1n) is 9.11. The number of nitrogens with one attached hydrogen (secondary N) is 2. The van der Waals surface area contributed by atoms with Gasteiger partial charge in [-0.2, -0.15) is 0 Å². The van der Waals surface area contributed by atoms with Crippen LogP contribution >= 0.6 is 0 Å². The van der Waals surface area contributed by atoms with Gasteiger partial charge >= 0.3 is 0 Å². The number of carbonyl (C=O) groups excluding carboxylic acids is 1. The number of morpholine rings is 1. The Morgan fingerprint density at radius 2 is 2.12 bits per heavy atom. The summed E-state index contributed by atoms with van der Waals surface area (Å²) in [5, 5.41) is 6.11. The molecule has 2 aliphatic heterocycles. The summed E-state index contributed by atoms with van der Waals surface area (Å²) >= 11 is 0. The average Bonchev–Trinajstić information content (AvgIpc) is 2.69. The highest BCUT2D eigenvalue weighted by atomic mass is 19.1. The van der Waals surface area contributed by atoms with Gasteiger partial charge in [-0.1, -0.05) is 25.5 Å². The zero-order chi connectivity index (χ0) is 18.4. The summed E-state index contributed by atoms with van der Waals surface area (Å²) in [6.45, 7) is 5.58. The van der Waals surface area contributed by atoms with Crippen LogP contribution in [0.2, 0.25) is 0 Å². The van der Waals surface area contributed by atoms with E-state index in [9.17, 15) is 9.18 Å². The lowest BCUT2D eigenvalue weighted by Gasteiger charge is -2.33. The minimum Gasteiger partial charge on any atom is -0.378 e. The molecule has 140 valence electrons. The van der Waals surface area contributed by atoms with Gasteiger partial charge in [-0.05, 0) is 18.6 Å². The fourth-order valence-corrected chi connectivity index (χ4v) is 2.98. The number of unbranched alkanes of at least 4 members (excludes halogenated alkanes) is 1. The Balaban J connectivity index is 1.86. The number of hydrogen-bond donors (Lipinski definition) is 2. The normalized spacial score (nSPS) is 17.6. The fourth-order valence-electron chi connectivity index (χ4n) is 2.98. The molecular weight excluding hydrogens is 335 g/mol. The van der Waals surface area contributed by atoms with Crippen LogP contribution in [0.4, 0.5) is 4.39 Å². The van der Waals surface area contributed by atoms with E-state index in [1.807, 2.05) is 0 Å². The third-order valence-corrected chi connectivity index (χ3v) is 4.47. The molecule has 0 bridgehead atoms. The summed E-state index contributed by atoms with van der Waals surface area (Å²) in [4.78, 5) is 19.2. The maximum absolute atomic E-state index is 14.4. The molecule has 2 N–H and O–H groups in total. The first kappa shape index (κ1) is 18.4. The predicted octanol–water partition coefficient (Wildman–Crippen LogP) is 1.74. The van der Waals surface area contributed by atoms with Crippen molar-refractivity contribution in [2.75, 3.05) is 39.4 Å². The molecule has 0 atom stereocenters. The molecule has 1 aromatic rings. The predicted molar refractivity (Wildman–Crippen MR) is 99.1 cm³/mol. The van der Waals surface area contributed by atoms with E-state index >= 15 is 0 Å². The molecule has 0 unspecified atom stereocenters. The van der Waals surface area contributed by atoms with Gasteiger partial charge in [0.2, 0.25) is 0 Å². The Morgan fingerprint density at radius 3 is 2.85 bits per heavy atom. The second-order valence-electron chi connectivity index (χ2n) is 6.31. The molecule has 6 nitrogen and oxygen atoms in total. The second kappa shape index (κ2) is 8.80. The largest absolute Gasteiger partial charge is 0.378 e. The zero-order valence-corrected chi connectivity index (χ0v) is 15.1. The molecule has 0 aliphatic carbocycles. The van der Waals surface area contributed by atoms with Crippen LogP contribution in [0.3, 0.4) is 0 Å². The number of nitrogens with zero attached hydrogens (tertiary/aromatic N) is 2. The number of guanidine groups is 1. The van der Waals surface area contributed by atoms with Crippen molar-refractivity contribution in [3.05, 3.63) is 41.2 Å². The summed E-state index contributed by atoms with van der Waals surface area (Å²) < 4.78 is 19.8. The SMILES string of the molecule is CCCCNC(=O)C1=C(c2ccccc2F)NC(N2CCOCC2)=NC1. The van der Waals surface area contributed by atoms with Gasteiger partial charge in [0.15, 0.2) is 5.96 Å². The number of ether oxygens (including phenoxy) is 1. The highest BCUT2D eigenvalue weighted by Gasteiger charge is 2.26. The van der Waals surface area contributed by atoms with Gasteiger partial charge in [0, 0.05) is 25.2 Å². The lowest BCUT2D eigenvalue weighted by molar-refractivity contribution is -0.117. The molecule has 0 radical (unpaired) electrons. The van der Waals surface area contributed by atoms with Crippen LogP contribution < -0.4 is 10.6 Å². The van der Waals surface area contributed by atoms with Gasteiger partial charge in [-0.3, -0.25) is 4.79 Å². The summed E-state index contributed by atoms with van der Waals surface area (Å²) in [6, 6.07) is 6.48. The Morgan fingerprint density at radius 1 is 1.35 bits per heavy atom. The average molecular weight is 360 g/mol. The second-order valence-corrected chi connectivity index (χ2v) is 6.31. The van der Waals surface area contributed by atoms with Crippen LogP contribution in [-0.4, -0.2) is 56.2 Å². The van der Waals surface area contributed by atoms with E-state index < -0.39 is 0 Å². The summed E-state index contributed by atoms with van der Waals surface area (Å²) in [6.07, 6.45) is 1.90. The van der Waals surface area contributed by atoms with Crippen LogP contribution in [-0.2, 0) is 9.53 Å². The van der Waals surface area contributed by atoms with Crippen LogP contribution in [0.25, 0.3) is 5.70 Å². The van der Waals surface area contributed by atoms with E-state index in [1.54, 1.807) is 18.2 Å². The number of carbonyl (C=O) groups is 1. The monoisotopic (exact) mass is 360 g/mol. The lowest BCUT2D eigenvalue weighted by Crippen LogP contribution is -2.49. The third kappa shape index (κ3) is 4.22. The maximum atomic E-state index is 14.4. The van der Waals surface area contributed by atoms with Crippen LogP contribution in [0.15, 0.2) is 34.8 Å². The van der Waals surface area contributed by atoms with Crippen LogP contribution in [0.5, 0.6) is 0 Å². The molecular formula is C19H25FN4O2.